The molecule has 0 aromatic heterocycles. The molecule has 0 aliphatic rings. The molecule has 0 saturated carbocycles. The quantitative estimate of drug-likeness (QED) is 0.538. The first-order valence-corrected chi connectivity index (χ1v) is 13.0. The van der Waals surface area contributed by atoms with E-state index < -0.39 is 8.24 Å². The summed E-state index contributed by atoms with van der Waals surface area (Å²) in [4.78, 5) is 0. The molecule has 0 fully saturated rings. The van der Waals surface area contributed by atoms with Crippen molar-refractivity contribution >= 4 is 19.6 Å². The summed E-state index contributed by atoms with van der Waals surface area (Å²) in [5.41, 5.74) is 8.98. The van der Waals surface area contributed by atoms with E-state index in [-0.39, 0.29) is 0 Å². The maximum atomic E-state index is 3.88. The molecule has 0 heterocycles. The van der Waals surface area contributed by atoms with E-state index >= 15 is 0 Å². The lowest BCUT2D eigenvalue weighted by Crippen LogP contribution is -2.42. The molecule has 0 unspecified atom stereocenters. The Morgan fingerprint density at radius 3 is 1.81 bits per heavy atom. The Hall–Kier alpha value is -1.84. The third kappa shape index (κ3) is 5.33. The molecule has 0 saturated heterocycles. The van der Waals surface area contributed by atoms with Crippen LogP contribution < -0.4 is 5.32 Å². The van der Waals surface area contributed by atoms with E-state index in [9.17, 15) is 0 Å². The van der Waals surface area contributed by atoms with Crippen LogP contribution in [0.4, 0.5) is 5.69 Å². The van der Waals surface area contributed by atoms with Gasteiger partial charge in [0.1, 0.15) is 8.24 Å². The number of benzene rings is 2. The van der Waals surface area contributed by atoms with Crippen LogP contribution in [-0.2, 0) is 0 Å². The monoisotopic (exact) mass is 380 g/mol. The summed E-state index contributed by atoms with van der Waals surface area (Å²) < 4.78 is 2.38. The smallest absolute Gasteiger partial charge is 0.148 e. The van der Waals surface area contributed by atoms with Gasteiger partial charge in [-0.05, 0) is 42.6 Å². The molecule has 0 amide bonds. The molecule has 0 spiro atoms. The van der Waals surface area contributed by atoms with Gasteiger partial charge in [-0.25, -0.2) is 0 Å². The van der Waals surface area contributed by atoms with Gasteiger partial charge < -0.3 is 9.88 Å². The molecular weight excluding hydrogens is 344 g/mol. The molecule has 0 atom stereocenters. The first kappa shape index (κ1) is 21.5. The van der Waals surface area contributed by atoms with Crippen molar-refractivity contribution < 1.29 is 0 Å². The number of para-hydroxylation sites is 1. The van der Waals surface area contributed by atoms with Gasteiger partial charge in [-0.15, -0.1) is 0 Å². The second-order valence-corrected chi connectivity index (χ2v) is 13.2. The minimum Gasteiger partial charge on any atom is -0.355 e. The van der Waals surface area contributed by atoms with Gasteiger partial charge in [0.2, 0.25) is 0 Å². The number of nitrogens with one attached hydrogen (secondary N) is 1. The molecule has 1 N–H and O–H groups in total. The molecule has 0 radical (unpaired) electrons. The molecule has 0 aliphatic carbocycles. The largest absolute Gasteiger partial charge is 0.355 e. The van der Waals surface area contributed by atoms with E-state index in [0.29, 0.717) is 11.8 Å². The van der Waals surface area contributed by atoms with Crippen molar-refractivity contribution in [1.82, 2.24) is 4.57 Å². The third-order valence-corrected chi connectivity index (χ3v) is 8.67. The van der Waals surface area contributed by atoms with Gasteiger partial charge in [0.25, 0.3) is 0 Å². The van der Waals surface area contributed by atoms with Gasteiger partial charge in [0.15, 0.2) is 0 Å². The van der Waals surface area contributed by atoms with Crippen LogP contribution in [-0.4, -0.2) is 26.9 Å². The third-order valence-electron chi connectivity index (χ3n) is 5.37. The van der Waals surface area contributed by atoms with Crippen LogP contribution in [0.15, 0.2) is 54.2 Å². The van der Waals surface area contributed by atoms with Crippen LogP contribution in [0.25, 0.3) is 5.70 Å². The molecule has 0 bridgehead atoms. The highest BCUT2D eigenvalue weighted by Gasteiger charge is 2.23. The Labute approximate surface area is 167 Å². The summed E-state index contributed by atoms with van der Waals surface area (Å²) in [6.07, 6.45) is 0. The zero-order valence-corrected chi connectivity index (χ0v) is 19.3. The first-order chi connectivity index (χ1) is 12.6. The Morgan fingerprint density at radius 1 is 0.852 bits per heavy atom. The van der Waals surface area contributed by atoms with Crippen LogP contribution in [0.2, 0.25) is 13.1 Å². The van der Waals surface area contributed by atoms with E-state index in [1.807, 2.05) is 0 Å². The number of hydrogen-bond donors (Lipinski definition) is 1. The average Bonchev–Trinajstić information content (AvgIpc) is 2.61. The Morgan fingerprint density at radius 2 is 1.37 bits per heavy atom. The van der Waals surface area contributed by atoms with Crippen LogP contribution in [0.1, 0.15) is 56.2 Å². The molecule has 2 rings (SSSR count). The lowest BCUT2D eigenvalue weighted by atomic mass is 9.92. The van der Waals surface area contributed by atoms with Crippen LogP contribution >= 0.6 is 0 Å². The standard InChI is InChI=1S/C24H36N2Si/c1-18(2)21-15-12-16-22(19(3)4)24(21)25-23(17-27(7,8)26(5)6)20-13-10-9-11-14-20/h9-19,25H,1-8H3/b23-17+. The maximum Gasteiger partial charge on any atom is 0.148 e. The number of hydrogen-bond acceptors (Lipinski definition) is 2. The zero-order chi connectivity index (χ0) is 20.2. The van der Waals surface area contributed by atoms with Crippen molar-refractivity contribution in [2.45, 2.75) is 52.6 Å². The van der Waals surface area contributed by atoms with Gasteiger partial charge in [-0.2, -0.15) is 0 Å². The summed E-state index contributed by atoms with van der Waals surface area (Å²) in [5, 5.41) is 3.88. The number of anilines is 1. The van der Waals surface area contributed by atoms with Gasteiger partial charge in [0, 0.05) is 11.4 Å². The van der Waals surface area contributed by atoms with E-state index in [2.05, 4.69) is 119 Å². The normalized spacial score (nSPS) is 12.9. The lowest BCUT2D eigenvalue weighted by Gasteiger charge is -2.29. The fourth-order valence-corrected chi connectivity index (χ4v) is 4.33. The molecule has 146 valence electrons. The number of rotatable bonds is 7. The van der Waals surface area contributed by atoms with E-state index in [4.69, 9.17) is 0 Å². The zero-order valence-electron chi connectivity index (χ0n) is 18.3. The van der Waals surface area contributed by atoms with Crippen molar-refractivity contribution in [3.8, 4) is 0 Å². The van der Waals surface area contributed by atoms with Crippen molar-refractivity contribution in [2.24, 2.45) is 0 Å². The Balaban J connectivity index is 2.62. The van der Waals surface area contributed by atoms with Gasteiger partial charge in [-0.1, -0.05) is 95.0 Å². The molecule has 0 aliphatic heterocycles. The van der Waals surface area contributed by atoms with Gasteiger partial charge in [0.05, 0.1) is 0 Å². The van der Waals surface area contributed by atoms with Gasteiger partial charge in [-0.3, -0.25) is 0 Å². The summed E-state index contributed by atoms with van der Waals surface area (Å²) >= 11 is 0. The van der Waals surface area contributed by atoms with Gasteiger partial charge >= 0.3 is 0 Å². The number of nitrogens with zero attached hydrogens (tertiary/aromatic N) is 1. The second-order valence-electron chi connectivity index (χ2n) is 8.72. The molecule has 2 nitrogen and oxygen atoms in total. The molecule has 2 aromatic rings. The van der Waals surface area contributed by atoms with Crippen LogP contribution in [0.5, 0.6) is 0 Å². The van der Waals surface area contributed by atoms with E-state index in [1.54, 1.807) is 0 Å². The maximum absolute atomic E-state index is 3.88. The summed E-state index contributed by atoms with van der Waals surface area (Å²) in [6.45, 7) is 13.9. The molecule has 2 aromatic carbocycles. The highest BCUT2D eigenvalue weighted by atomic mass is 28.3. The predicted octanol–water partition coefficient (Wildman–Crippen LogP) is 6.69. The fraction of sp³-hybridized carbons (Fsp3) is 0.417. The van der Waals surface area contributed by atoms with Crippen molar-refractivity contribution in [3.05, 3.63) is 70.9 Å². The first-order valence-electron chi connectivity index (χ1n) is 9.99. The van der Waals surface area contributed by atoms with Crippen molar-refractivity contribution in [3.63, 3.8) is 0 Å². The summed E-state index contributed by atoms with van der Waals surface area (Å²) in [5.74, 6) is 0.949. The Bertz CT molecular complexity index is 748. The van der Waals surface area contributed by atoms with Crippen molar-refractivity contribution in [2.75, 3.05) is 19.4 Å². The minimum absolute atomic E-state index is 0.474. The molecular formula is C24H36N2Si. The van der Waals surface area contributed by atoms with Crippen molar-refractivity contribution in [1.29, 1.82) is 0 Å². The topological polar surface area (TPSA) is 15.3 Å². The van der Waals surface area contributed by atoms with E-state index in [0.717, 1.165) is 0 Å². The SMILES string of the molecule is CC(C)c1cccc(C(C)C)c1N/C(=C/[Si](C)(C)N(C)C)c1ccccc1. The van der Waals surface area contributed by atoms with E-state index in [1.165, 1.54) is 28.1 Å². The van der Waals surface area contributed by atoms with Crippen LogP contribution in [0.3, 0.4) is 0 Å². The lowest BCUT2D eigenvalue weighted by molar-refractivity contribution is 0.632. The summed E-state index contributed by atoms with van der Waals surface area (Å²) in [6, 6.07) is 17.4. The highest BCUT2D eigenvalue weighted by Crippen LogP contribution is 2.35. The van der Waals surface area contributed by atoms with Crippen LogP contribution in [0, 0.1) is 0 Å². The fourth-order valence-electron chi connectivity index (χ4n) is 3.12. The Kier molecular flexibility index (Phi) is 7.07. The molecule has 27 heavy (non-hydrogen) atoms. The second kappa shape index (κ2) is 8.90. The summed E-state index contributed by atoms with van der Waals surface area (Å²) in [7, 11) is 2.71. The predicted molar refractivity (Wildman–Crippen MR) is 124 cm³/mol. The average molecular weight is 381 g/mol. The highest BCUT2D eigenvalue weighted by molar-refractivity contribution is 6.80. The minimum atomic E-state index is -1.66. The molecule has 3 heteroatoms.